The molecule has 0 fully saturated rings. The van der Waals surface area contributed by atoms with E-state index in [1.807, 2.05) is 0 Å². The highest BCUT2D eigenvalue weighted by molar-refractivity contribution is 9.09. The first-order valence-electron chi connectivity index (χ1n) is 4.68. The van der Waals surface area contributed by atoms with E-state index < -0.39 is 0 Å². The summed E-state index contributed by atoms with van der Waals surface area (Å²) in [6.45, 7) is 10.1. The molecule has 0 rings (SSSR count). The largest absolute Gasteiger partial charge is 0.391 e. The van der Waals surface area contributed by atoms with Crippen molar-refractivity contribution < 1.29 is 5.11 Å². The van der Waals surface area contributed by atoms with E-state index in [4.69, 9.17) is 16.7 Å². The van der Waals surface area contributed by atoms with Gasteiger partial charge < -0.3 is 10.0 Å². The van der Waals surface area contributed by atoms with Gasteiger partial charge in [0.2, 0.25) is 0 Å². The third-order valence-corrected chi connectivity index (χ3v) is 2.80. The van der Waals surface area contributed by atoms with Gasteiger partial charge in [0.1, 0.15) is 0 Å². The Bertz CT molecular complexity index is 82.2. The van der Waals surface area contributed by atoms with E-state index >= 15 is 0 Å². The normalized spacial score (nSPS) is 12.2. The minimum atomic E-state index is -0.383. The highest BCUT2D eigenvalue weighted by Crippen LogP contribution is 1.90. The Kier molecular flexibility index (Phi) is 15.7. The second kappa shape index (κ2) is 12.7. The molecule has 0 saturated carbocycles. The molecule has 0 heterocycles. The number of halogens is 2. The van der Waals surface area contributed by atoms with E-state index in [-0.39, 0.29) is 6.10 Å². The first-order valence-corrected chi connectivity index (χ1v) is 6.34. The summed E-state index contributed by atoms with van der Waals surface area (Å²) in [6.07, 6.45) is -0.383. The van der Waals surface area contributed by atoms with E-state index in [0.717, 1.165) is 0 Å². The average Bonchev–Trinajstić information content (AvgIpc) is 2.20. The SMILES string of the molecule is CCN(CC)CC.OC(CCl)CBr. The van der Waals surface area contributed by atoms with Crippen LogP contribution in [-0.4, -0.2) is 47.0 Å². The lowest BCUT2D eigenvalue weighted by molar-refractivity contribution is 0.225. The summed E-state index contributed by atoms with van der Waals surface area (Å²) >= 11 is 8.21. The van der Waals surface area contributed by atoms with Gasteiger partial charge >= 0.3 is 0 Å². The fourth-order valence-corrected chi connectivity index (χ4v) is 1.31. The summed E-state index contributed by atoms with van der Waals surface area (Å²) in [5.74, 6) is 0.311. The predicted molar refractivity (Wildman–Crippen MR) is 64.0 cm³/mol. The van der Waals surface area contributed by atoms with Gasteiger partial charge in [-0.25, -0.2) is 0 Å². The number of hydrogen-bond acceptors (Lipinski definition) is 2. The van der Waals surface area contributed by atoms with Gasteiger partial charge in [-0.2, -0.15) is 0 Å². The summed E-state index contributed by atoms with van der Waals surface area (Å²) in [4.78, 5) is 2.38. The van der Waals surface area contributed by atoms with Gasteiger partial charge in [-0.05, 0) is 19.6 Å². The van der Waals surface area contributed by atoms with E-state index in [1.165, 1.54) is 19.6 Å². The molecule has 0 radical (unpaired) electrons. The molecule has 0 spiro atoms. The number of hydrogen-bond donors (Lipinski definition) is 1. The van der Waals surface area contributed by atoms with Crippen molar-refractivity contribution in [2.24, 2.45) is 0 Å². The van der Waals surface area contributed by atoms with Crippen LogP contribution >= 0.6 is 27.5 Å². The van der Waals surface area contributed by atoms with Crippen LogP contribution in [0.4, 0.5) is 0 Å². The van der Waals surface area contributed by atoms with Gasteiger partial charge in [0, 0.05) is 11.2 Å². The monoisotopic (exact) mass is 273 g/mol. The molecule has 0 amide bonds. The van der Waals surface area contributed by atoms with Crippen LogP contribution < -0.4 is 0 Å². The molecule has 0 aliphatic rings. The molecule has 0 saturated heterocycles. The van der Waals surface area contributed by atoms with Crippen LogP contribution in [0.2, 0.25) is 0 Å². The fraction of sp³-hybridized carbons (Fsp3) is 1.00. The molecule has 0 aliphatic carbocycles. The second-order valence-corrected chi connectivity index (χ2v) is 3.54. The zero-order valence-electron chi connectivity index (χ0n) is 8.76. The number of aliphatic hydroxyl groups is 1. The maximum atomic E-state index is 8.49. The molecule has 4 heteroatoms. The first kappa shape index (κ1) is 16.1. The van der Waals surface area contributed by atoms with Crippen molar-refractivity contribution in [3.8, 4) is 0 Å². The number of aliphatic hydroxyl groups excluding tert-OH is 1. The molecule has 0 aromatic carbocycles. The molecule has 1 atom stereocenters. The van der Waals surface area contributed by atoms with Crippen LogP contribution in [0.25, 0.3) is 0 Å². The zero-order chi connectivity index (χ0) is 10.7. The lowest BCUT2D eigenvalue weighted by Gasteiger charge is -2.13. The fourth-order valence-electron chi connectivity index (χ4n) is 0.712. The van der Waals surface area contributed by atoms with Crippen molar-refractivity contribution in [1.82, 2.24) is 4.90 Å². The standard InChI is InChI=1S/C6H15N.C3H6BrClO/c1-4-7(5-2)6-3;4-1-3(6)2-5/h4-6H2,1-3H3;3,6H,1-2H2. The lowest BCUT2D eigenvalue weighted by Crippen LogP contribution is -2.21. The molecule has 0 aliphatic heterocycles. The van der Waals surface area contributed by atoms with Crippen LogP contribution in [0.3, 0.4) is 0 Å². The number of rotatable bonds is 5. The van der Waals surface area contributed by atoms with Gasteiger partial charge in [0.15, 0.2) is 0 Å². The average molecular weight is 275 g/mol. The Morgan fingerprint density at radius 2 is 1.62 bits per heavy atom. The van der Waals surface area contributed by atoms with Crippen LogP contribution in [0, 0.1) is 0 Å². The Balaban J connectivity index is 0. The van der Waals surface area contributed by atoms with Gasteiger partial charge in [-0.3, -0.25) is 0 Å². The first-order chi connectivity index (χ1) is 6.15. The highest BCUT2D eigenvalue weighted by atomic mass is 79.9. The van der Waals surface area contributed by atoms with E-state index in [1.54, 1.807) is 0 Å². The highest BCUT2D eigenvalue weighted by Gasteiger charge is 1.94. The van der Waals surface area contributed by atoms with Crippen molar-refractivity contribution in [2.75, 3.05) is 30.8 Å². The minimum Gasteiger partial charge on any atom is -0.391 e. The zero-order valence-corrected chi connectivity index (χ0v) is 11.1. The maximum absolute atomic E-state index is 8.49. The van der Waals surface area contributed by atoms with Gasteiger partial charge in [-0.1, -0.05) is 36.7 Å². The minimum absolute atomic E-state index is 0.311. The second-order valence-electron chi connectivity index (χ2n) is 2.58. The van der Waals surface area contributed by atoms with Gasteiger partial charge in [0.25, 0.3) is 0 Å². The quantitative estimate of drug-likeness (QED) is 0.778. The Morgan fingerprint density at radius 3 is 1.62 bits per heavy atom. The maximum Gasteiger partial charge on any atom is 0.0772 e. The van der Waals surface area contributed by atoms with Crippen LogP contribution in [0.5, 0.6) is 0 Å². The number of nitrogens with zero attached hydrogens (tertiary/aromatic N) is 1. The smallest absolute Gasteiger partial charge is 0.0772 e. The molecular weight excluding hydrogens is 253 g/mol. The molecule has 82 valence electrons. The van der Waals surface area contributed by atoms with Crippen molar-refractivity contribution in [3.05, 3.63) is 0 Å². The Hall–Kier alpha value is 0.690. The third kappa shape index (κ3) is 12.7. The van der Waals surface area contributed by atoms with Gasteiger partial charge in [-0.15, -0.1) is 11.6 Å². The molecule has 0 aromatic rings. The molecule has 1 unspecified atom stereocenters. The molecular formula is C9H21BrClNO. The van der Waals surface area contributed by atoms with Gasteiger partial charge in [0.05, 0.1) is 6.10 Å². The Morgan fingerprint density at radius 1 is 1.23 bits per heavy atom. The van der Waals surface area contributed by atoms with Crippen molar-refractivity contribution in [1.29, 1.82) is 0 Å². The summed E-state index contributed by atoms with van der Waals surface area (Å²) < 4.78 is 0. The summed E-state index contributed by atoms with van der Waals surface area (Å²) in [7, 11) is 0. The van der Waals surface area contributed by atoms with Crippen LogP contribution in [-0.2, 0) is 0 Å². The van der Waals surface area contributed by atoms with Crippen molar-refractivity contribution in [2.45, 2.75) is 26.9 Å². The topological polar surface area (TPSA) is 23.5 Å². The van der Waals surface area contributed by atoms with E-state index in [0.29, 0.717) is 11.2 Å². The summed E-state index contributed by atoms with van der Waals surface area (Å²) in [5.41, 5.74) is 0. The summed E-state index contributed by atoms with van der Waals surface area (Å²) in [6, 6.07) is 0. The summed E-state index contributed by atoms with van der Waals surface area (Å²) in [5, 5.41) is 9.05. The number of alkyl halides is 2. The van der Waals surface area contributed by atoms with Crippen LogP contribution in [0.15, 0.2) is 0 Å². The predicted octanol–water partition coefficient (Wildman–Crippen LogP) is 2.33. The molecule has 13 heavy (non-hydrogen) atoms. The molecule has 0 aromatic heterocycles. The Labute approximate surface area is 95.4 Å². The molecule has 0 bridgehead atoms. The third-order valence-electron chi connectivity index (χ3n) is 1.70. The van der Waals surface area contributed by atoms with Crippen LogP contribution in [0.1, 0.15) is 20.8 Å². The van der Waals surface area contributed by atoms with Crippen molar-refractivity contribution >= 4 is 27.5 Å². The lowest BCUT2D eigenvalue weighted by atomic mass is 10.5. The van der Waals surface area contributed by atoms with Crippen molar-refractivity contribution in [3.63, 3.8) is 0 Å². The van der Waals surface area contributed by atoms with E-state index in [2.05, 4.69) is 41.6 Å². The molecule has 1 N–H and O–H groups in total. The van der Waals surface area contributed by atoms with E-state index in [9.17, 15) is 0 Å². The molecule has 2 nitrogen and oxygen atoms in total.